The highest BCUT2D eigenvalue weighted by atomic mass is 32.1. The number of amides is 1. The van der Waals surface area contributed by atoms with Crippen LogP contribution in [0.3, 0.4) is 0 Å². The topological polar surface area (TPSA) is 101 Å². The van der Waals surface area contributed by atoms with Crippen LogP contribution in [-0.2, 0) is 4.79 Å². The molecule has 1 N–H and O–H groups in total. The molecule has 0 spiro atoms. The van der Waals surface area contributed by atoms with Crippen molar-refractivity contribution in [1.29, 1.82) is 0 Å². The van der Waals surface area contributed by atoms with Gasteiger partial charge in [-0.2, -0.15) is 18.3 Å². The van der Waals surface area contributed by atoms with Gasteiger partial charge in [-0.3, -0.25) is 9.78 Å². The fourth-order valence-electron chi connectivity index (χ4n) is 3.69. The summed E-state index contributed by atoms with van der Waals surface area (Å²) in [7, 11) is 0. The van der Waals surface area contributed by atoms with Crippen LogP contribution < -0.4 is 0 Å². The second-order valence-electron chi connectivity index (χ2n) is 7.78. The number of carbonyl (C=O) groups is 2. The van der Waals surface area contributed by atoms with Crippen LogP contribution in [0.25, 0.3) is 16.1 Å². The van der Waals surface area contributed by atoms with Crippen molar-refractivity contribution in [2.24, 2.45) is 0 Å². The number of aromatic nitrogens is 4. The number of alkyl halides is 3. The zero-order chi connectivity index (χ0) is 25.0. The summed E-state index contributed by atoms with van der Waals surface area (Å²) in [5, 5.41) is 13.9. The Hall–Kier alpha value is -3.80. The number of nitrogens with zero attached hydrogens (tertiary/aromatic N) is 5. The molecule has 0 aliphatic carbocycles. The van der Waals surface area contributed by atoms with Gasteiger partial charge in [0.05, 0.1) is 0 Å². The number of likely N-dealkylation sites (tertiary alicyclic amines) is 1. The maximum Gasteiger partial charge on any atom is 0.490 e. The molecule has 1 aliphatic rings. The Morgan fingerprint density at radius 1 is 1.11 bits per heavy atom. The number of carboxylic acid groups (broad SMARTS) is 1. The van der Waals surface area contributed by atoms with Crippen molar-refractivity contribution in [3.63, 3.8) is 0 Å². The van der Waals surface area contributed by atoms with Crippen molar-refractivity contribution >= 4 is 28.9 Å². The Morgan fingerprint density at radius 2 is 1.91 bits per heavy atom. The fourth-order valence-corrected chi connectivity index (χ4v) is 4.40. The molecule has 1 amide bonds. The number of carboxylic acids is 1. The van der Waals surface area contributed by atoms with Crippen molar-refractivity contribution in [3.05, 3.63) is 71.8 Å². The van der Waals surface area contributed by atoms with Gasteiger partial charge < -0.3 is 10.0 Å². The molecule has 0 aromatic carbocycles. The number of piperidine rings is 1. The van der Waals surface area contributed by atoms with Gasteiger partial charge >= 0.3 is 12.1 Å². The lowest BCUT2D eigenvalue weighted by Crippen LogP contribution is -2.39. The summed E-state index contributed by atoms with van der Waals surface area (Å²) in [5.74, 6) is -1.82. The molecule has 5 rings (SSSR count). The first-order valence-corrected chi connectivity index (χ1v) is 11.5. The van der Waals surface area contributed by atoms with E-state index in [1.54, 1.807) is 23.6 Å². The number of thiophene rings is 1. The number of fused-ring (bicyclic) bond motifs is 1. The monoisotopic (exact) mass is 503 g/mol. The van der Waals surface area contributed by atoms with Crippen LogP contribution in [0.4, 0.5) is 13.2 Å². The Kier molecular flexibility index (Phi) is 7.10. The summed E-state index contributed by atoms with van der Waals surface area (Å²) in [5.41, 5.74) is 2.46. The number of aliphatic carboxylic acids is 1. The maximum absolute atomic E-state index is 12.7. The van der Waals surface area contributed by atoms with Gasteiger partial charge in [0, 0.05) is 41.8 Å². The predicted octanol–water partition coefficient (Wildman–Crippen LogP) is 4.51. The lowest BCUT2D eigenvalue weighted by molar-refractivity contribution is -0.192. The number of rotatable bonds is 3. The molecule has 1 saturated heterocycles. The van der Waals surface area contributed by atoms with Crippen molar-refractivity contribution in [1.82, 2.24) is 24.5 Å². The number of hydrogen-bond donors (Lipinski definition) is 1. The van der Waals surface area contributed by atoms with Gasteiger partial charge in [0.2, 0.25) is 0 Å². The first kappa shape index (κ1) is 24.3. The molecule has 0 bridgehead atoms. The van der Waals surface area contributed by atoms with E-state index in [-0.39, 0.29) is 11.8 Å². The van der Waals surface area contributed by atoms with Gasteiger partial charge in [-0.1, -0.05) is 12.1 Å². The van der Waals surface area contributed by atoms with Crippen LogP contribution in [0.15, 0.2) is 60.2 Å². The quantitative estimate of drug-likeness (QED) is 0.442. The molecule has 0 saturated carbocycles. The highest BCUT2D eigenvalue weighted by Gasteiger charge is 2.38. The minimum atomic E-state index is -5.08. The smallest absolute Gasteiger partial charge is 0.475 e. The molecule has 5 heterocycles. The summed E-state index contributed by atoms with van der Waals surface area (Å²) in [6.45, 7) is 1.38. The van der Waals surface area contributed by atoms with Gasteiger partial charge in [0.25, 0.3) is 5.91 Å². The van der Waals surface area contributed by atoms with Crippen LogP contribution in [0.5, 0.6) is 0 Å². The van der Waals surface area contributed by atoms with Crippen LogP contribution >= 0.6 is 11.3 Å². The average Bonchev–Trinajstić information content (AvgIpc) is 3.54. The van der Waals surface area contributed by atoms with Crippen LogP contribution in [0, 0.1) is 0 Å². The van der Waals surface area contributed by atoms with E-state index in [2.05, 4.69) is 22.5 Å². The normalized spacial score (nSPS) is 16.0. The molecule has 1 aliphatic heterocycles. The molecule has 12 heteroatoms. The van der Waals surface area contributed by atoms with Crippen LogP contribution in [0.2, 0.25) is 0 Å². The number of pyridine rings is 2. The zero-order valence-electron chi connectivity index (χ0n) is 18.2. The molecule has 4 aromatic rings. The van der Waals surface area contributed by atoms with Gasteiger partial charge in [-0.05, 0) is 48.6 Å². The maximum atomic E-state index is 12.7. The van der Waals surface area contributed by atoms with E-state index < -0.39 is 12.1 Å². The average molecular weight is 504 g/mol. The Morgan fingerprint density at radius 3 is 2.57 bits per heavy atom. The van der Waals surface area contributed by atoms with E-state index in [0.717, 1.165) is 36.4 Å². The van der Waals surface area contributed by atoms with Gasteiger partial charge in [0.1, 0.15) is 5.69 Å². The molecule has 1 atom stereocenters. The number of halogens is 3. The molecule has 1 unspecified atom stereocenters. The summed E-state index contributed by atoms with van der Waals surface area (Å²) in [6.07, 6.45) is 0.528. The van der Waals surface area contributed by atoms with E-state index in [1.807, 2.05) is 39.9 Å². The minimum Gasteiger partial charge on any atom is -0.475 e. The van der Waals surface area contributed by atoms with Crippen LogP contribution in [-0.4, -0.2) is 60.7 Å². The van der Waals surface area contributed by atoms with Gasteiger partial charge in [-0.25, -0.2) is 14.3 Å². The highest BCUT2D eigenvalue weighted by Crippen LogP contribution is 2.28. The molecule has 8 nitrogen and oxygen atoms in total. The van der Waals surface area contributed by atoms with E-state index in [0.29, 0.717) is 12.2 Å². The van der Waals surface area contributed by atoms with E-state index >= 15 is 0 Å². The minimum absolute atomic E-state index is 0.0194. The van der Waals surface area contributed by atoms with Gasteiger partial charge in [0.15, 0.2) is 11.5 Å². The SMILES string of the molecule is O=C(O)C(F)(F)F.O=C(c1ccccn1)N1CCCC(c2nc3ccc(-c4cccs4)cn3n2)C1. The van der Waals surface area contributed by atoms with Crippen molar-refractivity contribution in [2.75, 3.05) is 13.1 Å². The van der Waals surface area contributed by atoms with E-state index in [1.165, 1.54) is 4.88 Å². The highest BCUT2D eigenvalue weighted by molar-refractivity contribution is 7.13. The van der Waals surface area contributed by atoms with Crippen LogP contribution in [0.1, 0.15) is 35.1 Å². The molecule has 4 aromatic heterocycles. The molecular formula is C23H20F3N5O3S. The molecule has 0 radical (unpaired) electrons. The lowest BCUT2D eigenvalue weighted by Gasteiger charge is -2.31. The molecule has 35 heavy (non-hydrogen) atoms. The van der Waals surface area contributed by atoms with Crippen molar-refractivity contribution < 1.29 is 27.9 Å². The van der Waals surface area contributed by atoms with Crippen molar-refractivity contribution in [3.8, 4) is 10.4 Å². The van der Waals surface area contributed by atoms with E-state index in [9.17, 15) is 18.0 Å². The first-order valence-electron chi connectivity index (χ1n) is 10.6. The number of hydrogen-bond acceptors (Lipinski definition) is 6. The largest absolute Gasteiger partial charge is 0.490 e. The summed E-state index contributed by atoms with van der Waals surface area (Å²) >= 11 is 1.71. The summed E-state index contributed by atoms with van der Waals surface area (Å²) in [4.78, 5) is 33.6. The molecule has 1 fully saturated rings. The third-order valence-electron chi connectivity index (χ3n) is 5.35. The summed E-state index contributed by atoms with van der Waals surface area (Å²) in [6, 6.07) is 13.7. The Bertz CT molecular complexity index is 1310. The van der Waals surface area contributed by atoms with E-state index in [4.69, 9.17) is 20.0 Å². The predicted molar refractivity (Wildman–Crippen MR) is 122 cm³/mol. The van der Waals surface area contributed by atoms with Gasteiger partial charge in [-0.15, -0.1) is 11.3 Å². The third-order valence-corrected chi connectivity index (χ3v) is 6.27. The fraction of sp³-hybridized carbons (Fsp3) is 0.261. The second-order valence-corrected chi connectivity index (χ2v) is 8.72. The number of carbonyl (C=O) groups excluding carboxylic acids is 1. The Balaban J connectivity index is 0.000000364. The second kappa shape index (κ2) is 10.2. The molecular weight excluding hydrogens is 483 g/mol. The lowest BCUT2D eigenvalue weighted by atomic mass is 9.97. The standard InChI is InChI=1S/C21H19N5OS.C2HF3O2/c27-21(17-6-1-2-10-22-17)25-11-3-5-16(13-25)20-23-19-9-8-15(14-26(19)24-20)18-7-4-12-28-18;3-2(4,5)1(6)7/h1-2,4,6-10,12,14,16H,3,5,11,13H2;(H,6,7). The first-order chi connectivity index (χ1) is 16.7. The summed E-state index contributed by atoms with van der Waals surface area (Å²) < 4.78 is 33.6. The third kappa shape index (κ3) is 5.83. The Labute approximate surface area is 201 Å². The molecule has 182 valence electrons. The zero-order valence-corrected chi connectivity index (χ0v) is 19.0. The van der Waals surface area contributed by atoms with Crippen molar-refractivity contribution in [2.45, 2.75) is 24.9 Å².